The molecule has 0 amide bonds. The molecule has 1 unspecified atom stereocenters. The summed E-state index contributed by atoms with van der Waals surface area (Å²) in [5.74, 6) is 0. The molecule has 2 rings (SSSR count). The molecule has 1 aliphatic carbocycles. The Kier molecular flexibility index (Phi) is 6.11. The summed E-state index contributed by atoms with van der Waals surface area (Å²) in [5.41, 5.74) is 0.708. The Morgan fingerprint density at radius 2 is 1.79 bits per heavy atom. The van der Waals surface area contributed by atoms with Gasteiger partial charge in [0.15, 0.2) is 0 Å². The first-order valence-corrected chi connectivity index (χ1v) is 8.34. The van der Waals surface area contributed by atoms with Crippen LogP contribution in [-0.2, 0) is 0 Å². The Labute approximate surface area is 118 Å². The van der Waals surface area contributed by atoms with Crippen LogP contribution in [0.25, 0.3) is 0 Å². The highest BCUT2D eigenvalue weighted by molar-refractivity contribution is 4.89. The van der Waals surface area contributed by atoms with Crippen LogP contribution in [0.3, 0.4) is 0 Å². The number of hydrogen-bond acceptors (Lipinski definition) is 3. The monoisotopic (exact) mass is 268 g/mol. The van der Waals surface area contributed by atoms with Crippen molar-refractivity contribution in [3.05, 3.63) is 0 Å². The Bertz CT molecular complexity index is 235. The maximum atomic E-state index is 9.13. The molecule has 1 atom stereocenters. The van der Waals surface area contributed by atoms with E-state index in [0.717, 1.165) is 19.5 Å². The number of aliphatic hydroxyl groups is 1. The Balaban J connectivity index is 1.75. The van der Waals surface area contributed by atoms with Crippen LogP contribution in [-0.4, -0.2) is 48.8 Å². The van der Waals surface area contributed by atoms with Gasteiger partial charge >= 0.3 is 0 Å². The molecule has 112 valence electrons. The average Bonchev–Trinajstić information content (AvgIpc) is 2.43. The lowest BCUT2D eigenvalue weighted by atomic mass is 9.68. The van der Waals surface area contributed by atoms with Crippen molar-refractivity contribution in [1.29, 1.82) is 0 Å². The Morgan fingerprint density at radius 3 is 2.37 bits per heavy atom. The number of hydrogen-bond donors (Lipinski definition) is 2. The highest BCUT2D eigenvalue weighted by Gasteiger charge is 2.35. The third-order valence-corrected chi connectivity index (χ3v) is 5.28. The maximum Gasteiger partial charge on any atom is 0.0446 e. The molecular weight excluding hydrogens is 236 g/mol. The van der Waals surface area contributed by atoms with Crippen LogP contribution in [0.4, 0.5) is 0 Å². The lowest BCUT2D eigenvalue weighted by Gasteiger charge is -2.45. The van der Waals surface area contributed by atoms with Gasteiger partial charge in [-0.1, -0.05) is 26.2 Å². The van der Waals surface area contributed by atoms with E-state index in [0.29, 0.717) is 18.1 Å². The highest BCUT2D eigenvalue weighted by atomic mass is 16.3. The standard InChI is InChI=1S/C16H32N2O/c1-2-17-15(6-13-19)14-18-11-9-16(10-12-18)7-4-3-5-8-16/h15,17,19H,2-14H2,1H3. The lowest BCUT2D eigenvalue weighted by molar-refractivity contribution is 0.0611. The van der Waals surface area contributed by atoms with E-state index in [4.69, 9.17) is 5.11 Å². The third kappa shape index (κ3) is 4.44. The lowest BCUT2D eigenvalue weighted by Crippen LogP contribution is -2.47. The molecule has 0 aromatic rings. The van der Waals surface area contributed by atoms with Gasteiger partial charge in [0.05, 0.1) is 0 Å². The van der Waals surface area contributed by atoms with Gasteiger partial charge in [-0.15, -0.1) is 0 Å². The maximum absolute atomic E-state index is 9.13. The summed E-state index contributed by atoms with van der Waals surface area (Å²) in [6.07, 6.45) is 11.0. The molecule has 1 saturated heterocycles. The summed E-state index contributed by atoms with van der Waals surface area (Å²) in [4.78, 5) is 2.61. The molecule has 2 fully saturated rings. The predicted octanol–water partition coefficient (Wildman–Crippen LogP) is 2.39. The van der Waals surface area contributed by atoms with Gasteiger partial charge in [0.25, 0.3) is 0 Å². The Morgan fingerprint density at radius 1 is 1.11 bits per heavy atom. The van der Waals surface area contributed by atoms with Gasteiger partial charge in [0.1, 0.15) is 0 Å². The van der Waals surface area contributed by atoms with E-state index in [9.17, 15) is 0 Å². The third-order valence-electron chi connectivity index (χ3n) is 5.28. The summed E-state index contributed by atoms with van der Waals surface area (Å²) in [7, 11) is 0. The molecular formula is C16H32N2O. The molecule has 19 heavy (non-hydrogen) atoms. The van der Waals surface area contributed by atoms with Crippen molar-refractivity contribution in [1.82, 2.24) is 10.2 Å². The number of piperidine rings is 1. The summed E-state index contributed by atoms with van der Waals surface area (Å²) in [5, 5.41) is 12.6. The SMILES string of the molecule is CCNC(CCO)CN1CCC2(CCCCC2)CC1. The molecule has 0 radical (unpaired) electrons. The van der Waals surface area contributed by atoms with Gasteiger partial charge in [-0.2, -0.15) is 0 Å². The number of aliphatic hydroxyl groups excluding tert-OH is 1. The summed E-state index contributed by atoms with van der Waals surface area (Å²) >= 11 is 0. The number of likely N-dealkylation sites (tertiary alicyclic amines) is 1. The molecule has 1 spiro atoms. The summed E-state index contributed by atoms with van der Waals surface area (Å²) in [6.45, 7) is 7.11. The predicted molar refractivity (Wildman–Crippen MR) is 80.4 cm³/mol. The summed E-state index contributed by atoms with van der Waals surface area (Å²) in [6, 6.07) is 0.468. The second kappa shape index (κ2) is 7.61. The molecule has 0 aromatic heterocycles. The molecule has 1 aliphatic heterocycles. The zero-order valence-corrected chi connectivity index (χ0v) is 12.7. The molecule has 3 nitrogen and oxygen atoms in total. The van der Waals surface area contributed by atoms with E-state index < -0.39 is 0 Å². The van der Waals surface area contributed by atoms with Crippen molar-refractivity contribution >= 4 is 0 Å². The highest BCUT2D eigenvalue weighted by Crippen LogP contribution is 2.44. The molecule has 2 aliphatic rings. The van der Waals surface area contributed by atoms with Crippen LogP contribution in [0.5, 0.6) is 0 Å². The minimum atomic E-state index is 0.301. The van der Waals surface area contributed by atoms with E-state index in [2.05, 4.69) is 17.1 Å². The minimum absolute atomic E-state index is 0.301. The fraction of sp³-hybridized carbons (Fsp3) is 1.00. The summed E-state index contributed by atoms with van der Waals surface area (Å²) < 4.78 is 0. The van der Waals surface area contributed by atoms with Crippen molar-refractivity contribution in [3.8, 4) is 0 Å². The minimum Gasteiger partial charge on any atom is -0.396 e. The molecule has 1 heterocycles. The topological polar surface area (TPSA) is 35.5 Å². The largest absolute Gasteiger partial charge is 0.396 e. The average molecular weight is 268 g/mol. The van der Waals surface area contributed by atoms with Gasteiger partial charge in [0, 0.05) is 19.2 Å². The van der Waals surface area contributed by atoms with Crippen LogP contribution < -0.4 is 5.32 Å². The van der Waals surface area contributed by atoms with Gasteiger partial charge < -0.3 is 15.3 Å². The van der Waals surface area contributed by atoms with E-state index in [-0.39, 0.29) is 0 Å². The van der Waals surface area contributed by atoms with Crippen LogP contribution >= 0.6 is 0 Å². The van der Waals surface area contributed by atoms with Crippen molar-refractivity contribution in [3.63, 3.8) is 0 Å². The van der Waals surface area contributed by atoms with Gasteiger partial charge in [-0.05, 0) is 57.2 Å². The van der Waals surface area contributed by atoms with Crippen LogP contribution in [0.15, 0.2) is 0 Å². The second-order valence-corrected chi connectivity index (χ2v) is 6.63. The Hall–Kier alpha value is -0.120. The normalized spacial score (nSPS) is 25.6. The van der Waals surface area contributed by atoms with Gasteiger partial charge in [-0.3, -0.25) is 0 Å². The van der Waals surface area contributed by atoms with Crippen LogP contribution in [0.2, 0.25) is 0 Å². The van der Waals surface area contributed by atoms with Crippen molar-refractivity contribution in [2.75, 3.05) is 32.8 Å². The van der Waals surface area contributed by atoms with Crippen molar-refractivity contribution in [2.45, 2.75) is 64.3 Å². The first-order chi connectivity index (χ1) is 9.28. The van der Waals surface area contributed by atoms with Gasteiger partial charge in [-0.25, -0.2) is 0 Å². The first kappa shape index (κ1) is 15.3. The van der Waals surface area contributed by atoms with Crippen LogP contribution in [0.1, 0.15) is 58.3 Å². The van der Waals surface area contributed by atoms with E-state index in [1.807, 2.05) is 0 Å². The van der Waals surface area contributed by atoms with E-state index in [1.54, 1.807) is 0 Å². The zero-order chi connectivity index (χ0) is 13.6. The van der Waals surface area contributed by atoms with Crippen molar-refractivity contribution < 1.29 is 5.11 Å². The smallest absolute Gasteiger partial charge is 0.0446 e. The first-order valence-electron chi connectivity index (χ1n) is 8.34. The van der Waals surface area contributed by atoms with E-state index in [1.165, 1.54) is 58.0 Å². The number of nitrogens with zero attached hydrogens (tertiary/aromatic N) is 1. The second-order valence-electron chi connectivity index (χ2n) is 6.63. The molecule has 1 saturated carbocycles. The van der Waals surface area contributed by atoms with Gasteiger partial charge in [0.2, 0.25) is 0 Å². The van der Waals surface area contributed by atoms with Crippen LogP contribution in [0, 0.1) is 5.41 Å². The zero-order valence-electron chi connectivity index (χ0n) is 12.7. The van der Waals surface area contributed by atoms with E-state index >= 15 is 0 Å². The van der Waals surface area contributed by atoms with Crippen molar-refractivity contribution in [2.24, 2.45) is 5.41 Å². The fourth-order valence-corrected chi connectivity index (χ4v) is 4.03. The number of likely N-dealkylation sites (N-methyl/N-ethyl adjacent to an activating group) is 1. The molecule has 0 bridgehead atoms. The number of nitrogens with one attached hydrogen (secondary N) is 1. The quantitative estimate of drug-likeness (QED) is 0.776. The number of rotatable bonds is 6. The fourth-order valence-electron chi connectivity index (χ4n) is 4.03. The molecule has 2 N–H and O–H groups in total. The molecule has 0 aromatic carbocycles. The molecule has 3 heteroatoms.